The van der Waals surface area contributed by atoms with E-state index in [0.29, 0.717) is 24.9 Å². The van der Waals surface area contributed by atoms with Crippen molar-refractivity contribution in [2.45, 2.75) is 6.92 Å². The summed E-state index contributed by atoms with van der Waals surface area (Å²) < 4.78 is 10.9. The normalized spacial score (nSPS) is 19.4. The number of carbonyl (C=O) groups is 1. The lowest BCUT2D eigenvalue weighted by atomic mass is 9.88. The van der Waals surface area contributed by atoms with Gasteiger partial charge >= 0.3 is 0 Å². The molecule has 2 aliphatic heterocycles. The Morgan fingerprint density at radius 3 is 2.74 bits per heavy atom. The van der Waals surface area contributed by atoms with Gasteiger partial charge in [-0.15, -0.1) is 0 Å². The van der Waals surface area contributed by atoms with E-state index in [1.165, 1.54) is 0 Å². The predicted octanol–water partition coefficient (Wildman–Crippen LogP) is 1.25. The zero-order valence-corrected chi connectivity index (χ0v) is 10.9. The van der Waals surface area contributed by atoms with E-state index in [2.05, 4.69) is 10.6 Å². The Morgan fingerprint density at radius 2 is 2.05 bits per heavy atom. The molecule has 1 atom stereocenters. The molecule has 19 heavy (non-hydrogen) atoms. The minimum absolute atomic E-state index is 0.0226. The van der Waals surface area contributed by atoms with Crippen molar-refractivity contribution in [1.82, 2.24) is 5.32 Å². The Balaban J connectivity index is 1.67. The molecule has 1 fully saturated rings. The summed E-state index contributed by atoms with van der Waals surface area (Å²) in [6, 6.07) is 5.50. The smallest absolute Gasteiger partial charge is 0.227 e. The van der Waals surface area contributed by atoms with Gasteiger partial charge in [0.2, 0.25) is 5.91 Å². The molecule has 1 saturated heterocycles. The van der Waals surface area contributed by atoms with Crippen LogP contribution in [0.25, 0.3) is 0 Å². The number of rotatable bonds is 3. The maximum absolute atomic E-state index is 12.1. The Labute approximate surface area is 112 Å². The fourth-order valence-electron chi connectivity index (χ4n) is 2.26. The predicted molar refractivity (Wildman–Crippen MR) is 71.6 cm³/mol. The summed E-state index contributed by atoms with van der Waals surface area (Å²) in [4.78, 5) is 12.1. The van der Waals surface area contributed by atoms with Crippen molar-refractivity contribution in [3.05, 3.63) is 18.2 Å². The van der Waals surface area contributed by atoms with Gasteiger partial charge in [-0.1, -0.05) is 6.92 Å². The third-order valence-electron chi connectivity index (χ3n) is 3.74. The Hall–Kier alpha value is -1.75. The van der Waals surface area contributed by atoms with Gasteiger partial charge in [0.15, 0.2) is 11.5 Å². The highest BCUT2D eigenvalue weighted by Crippen LogP contribution is 2.32. The summed E-state index contributed by atoms with van der Waals surface area (Å²) in [6.07, 6.45) is 0. The van der Waals surface area contributed by atoms with Gasteiger partial charge in [-0.3, -0.25) is 4.79 Å². The molecule has 5 heteroatoms. The number of ether oxygens (including phenoxy) is 2. The van der Waals surface area contributed by atoms with E-state index in [1.54, 1.807) is 0 Å². The summed E-state index contributed by atoms with van der Waals surface area (Å²) >= 11 is 0. The summed E-state index contributed by atoms with van der Waals surface area (Å²) in [5.74, 6) is 1.96. The van der Waals surface area contributed by atoms with Crippen LogP contribution in [0, 0.1) is 11.8 Å². The average Bonchev–Trinajstić information content (AvgIpc) is 2.36. The molecule has 0 aromatic heterocycles. The van der Waals surface area contributed by atoms with Crippen molar-refractivity contribution in [2.24, 2.45) is 11.8 Å². The van der Waals surface area contributed by atoms with Crippen molar-refractivity contribution in [3.8, 4) is 11.5 Å². The fraction of sp³-hybridized carbons (Fsp3) is 0.500. The van der Waals surface area contributed by atoms with Crippen LogP contribution in [0.2, 0.25) is 0 Å². The van der Waals surface area contributed by atoms with E-state index < -0.39 is 0 Å². The molecule has 1 aromatic carbocycles. The molecule has 102 valence electrons. The van der Waals surface area contributed by atoms with Gasteiger partial charge in [0.05, 0.1) is 0 Å². The lowest BCUT2D eigenvalue weighted by Crippen LogP contribution is -2.48. The maximum Gasteiger partial charge on any atom is 0.227 e. The number of carbonyl (C=O) groups excluding carboxylic acids is 1. The Bertz CT molecular complexity index is 486. The molecule has 3 rings (SSSR count). The zero-order valence-electron chi connectivity index (χ0n) is 10.9. The van der Waals surface area contributed by atoms with Crippen LogP contribution >= 0.6 is 0 Å². The number of benzene rings is 1. The number of hydrogen-bond donors (Lipinski definition) is 2. The van der Waals surface area contributed by atoms with Gasteiger partial charge in [0.1, 0.15) is 13.2 Å². The quantitative estimate of drug-likeness (QED) is 0.860. The standard InChI is InChI=1S/C14H18N2O3/c1-9(10-7-15-8-10)14(17)16-11-2-3-12-13(6-11)19-5-4-18-12/h2-3,6,9-10,15H,4-5,7-8H2,1H3,(H,16,17). The molecule has 1 unspecified atom stereocenters. The first-order valence-corrected chi connectivity index (χ1v) is 6.65. The molecular weight excluding hydrogens is 244 g/mol. The minimum atomic E-state index is 0.0226. The Kier molecular flexibility index (Phi) is 3.29. The molecule has 0 spiro atoms. The monoisotopic (exact) mass is 262 g/mol. The first-order chi connectivity index (χ1) is 9.24. The minimum Gasteiger partial charge on any atom is -0.486 e. The maximum atomic E-state index is 12.1. The molecule has 1 aromatic rings. The molecular formula is C14H18N2O3. The number of anilines is 1. The first-order valence-electron chi connectivity index (χ1n) is 6.65. The van der Waals surface area contributed by atoms with Crippen LogP contribution in [-0.4, -0.2) is 32.2 Å². The highest BCUT2D eigenvalue weighted by atomic mass is 16.6. The van der Waals surface area contributed by atoms with Crippen LogP contribution in [0.5, 0.6) is 11.5 Å². The van der Waals surface area contributed by atoms with Crippen molar-refractivity contribution in [2.75, 3.05) is 31.6 Å². The molecule has 0 bridgehead atoms. The van der Waals surface area contributed by atoms with Crippen LogP contribution in [-0.2, 0) is 4.79 Å². The van der Waals surface area contributed by atoms with E-state index in [4.69, 9.17) is 9.47 Å². The highest BCUT2D eigenvalue weighted by molar-refractivity contribution is 5.93. The van der Waals surface area contributed by atoms with Gasteiger partial charge in [-0.25, -0.2) is 0 Å². The highest BCUT2D eigenvalue weighted by Gasteiger charge is 2.28. The topological polar surface area (TPSA) is 59.6 Å². The second kappa shape index (κ2) is 5.09. The molecule has 0 aliphatic carbocycles. The third kappa shape index (κ3) is 2.51. The van der Waals surface area contributed by atoms with E-state index in [9.17, 15) is 4.79 Å². The van der Waals surface area contributed by atoms with Crippen molar-refractivity contribution < 1.29 is 14.3 Å². The van der Waals surface area contributed by atoms with E-state index in [1.807, 2.05) is 25.1 Å². The summed E-state index contributed by atoms with van der Waals surface area (Å²) in [5.41, 5.74) is 0.758. The molecule has 2 aliphatic rings. The van der Waals surface area contributed by atoms with Gasteiger partial charge < -0.3 is 20.1 Å². The number of hydrogen-bond acceptors (Lipinski definition) is 4. The van der Waals surface area contributed by atoms with Crippen molar-refractivity contribution >= 4 is 11.6 Å². The summed E-state index contributed by atoms with van der Waals surface area (Å²) in [6.45, 7) is 4.95. The van der Waals surface area contributed by atoms with E-state index in [-0.39, 0.29) is 11.8 Å². The van der Waals surface area contributed by atoms with Crippen LogP contribution in [0.3, 0.4) is 0 Å². The molecule has 2 N–H and O–H groups in total. The fourth-order valence-corrected chi connectivity index (χ4v) is 2.26. The lowest BCUT2D eigenvalue weighted by Gasteiger charge is -2.31. The largest absolute Gasteiger partial charge is 0.486 e. The van der Waals surface area contributed by atoms with Crippen molar-refractivity contribution in [1.29, 1.82) is 0 Å². The zero-order chi connectivity index (χ0) is 13.2. The van der Waals surface area contributed by atoms with E-state index >= 15 is 0 Å². The van der Waals surface area contributed by atoms with Crippen LogP contribution in [0.15, 0.2) is 18.2 Å². The van der Waals surface area contributed by atoms with E-state index in [0.717, 1.165) is 24.5 Å². The van der Waals surface area contributed by atoms with Gasteiger partial charge in [-0.05, 0) is 31.1 Å². The summed E-state index contributed by atoms with van der Waals surface area (Å²) in [5, 5.41) is 6.12. The van der Waals surface area contributed by atoms with Crippen LogP contribution in [0.4, 0.5) is 5.69 Å². The summed E-state index contributed by atoms with van der Waals surface area (Å²) in [7, 11) is 0. The molecule has 0 radical (unpaired) electrons. The average molecular weight is 262 g/mol. The molecule has 1 amide bonds. The van der Waals surface area contributed by atoms with Crippen LogP contribution in [0.1, 0.15) is 6.92 Å². The van der Waals surface area contributed by atoms with Gasteiger partial charge in [0.25, 0.3) is 0 Å². The SMILES string of the molecule is CC(C(=O)Nc1ccc2c(c1)OCCO2)C1CNC1. The number of nitrogens with one attached hydrogen (secondary N) is 2. The first kappa shape index (κ1) is 12.3. The molecule has 5 nitrogen and oxygen atoms in total. The molecule has 0 saturated carbocycles. The third-order valence-corrected chi connectivity index (χ3v) is 3.74. The van der Waals surface area contributed by atoms with Gasteiger partial charge in [-0.2, -0.15) is 0 Å². The molecule has 2 heterocycles. The van der Waals surface area contributed by atoms with Crippen molar-refractivity contribution in [3.63, 3.8) is 0 Å². The number of amides is 1. The number of fused-ring (bicyclic) bond motifs is 1. The van der Waals surface area contributed by atoms with Gasteiger partial charge in [0, 0.05) is 17.7 Å². The second-order valence-corrected chi connectivity index (χ2v) is 5.05. The lowest BCUT2D eigenvalue weighted by molar-refractivity contribution is -0.121. The van der Waals surface area contributed by atoms with Crippen LogP contribution < -0.4 is 20.1 Å². The Morgan fingerprint density at radius 1 is 1.32 bits per heavy atom. The second-order valence-electron chi connectivity index (χ2n) is 5.05.